The molecule has 3 heterocycles. The van der Waals surface area contributed by atoms with Crippen LogP contribution >= 0.6 is 0 Å². The van der Waals surface area contributed by atoms with Crippen molar-refractivity contribution in [2.45, 2.75) is 24.1 Å². The average Bonchev–Trinajstić information content (AvgIpc) is 3.36. The lowest BCUT2D eigenvalue weighted by Gasteiger charge is -2.43. The van der Waals surface area contributed by atoms with E-state index in [1.54, 1.807) is 19.4 Å². The number of fused-ring (bicyclic) bond motifs is 1. The van der Waals surface area contributed by atoms with Crippen molar-refractivity contribution in [1.29, 1.82) is 0 Å². The van der Waals surface area contributed by atoms with E-state index in [0.717, 1.165) is 4.57 Å². The molecule has 0 spiro atoms. The largest absolute Gasteiger partial charge is 0.858 e. The first-order valence-electron chi connectivity index (χ1n) is 7.68. The molecule has 1 aromatic rings. The first kappa shape index (κ1) is 26.7. The van der Waals surface area contributed by atoms with E-state index < -0.39 is 35.7 Å². The second-order valence-corrected chi connectivity index (χ2v) is 5.64. The molecule has 0 fully saturated rings. The van der Waals surface area contributed by atoms with Gasteiger partial charge >= 0.3 is 24.2 Å². The van der Waals surface area contributed by atoms with E-state index in [1.807, 2.05) is 0 Å². The molecule has 0 N–H and O–H groups in total. The molecule has 0 unspecified atom stereocenters. The Balaban J connectivity index is 0.000000263. The third-order valence-corrected chi connectivity index (χ3v) is 3.55. The second kappa shape index (κ2) is 9.05. The van der Waals surface area contributed by atoms with Gasteiger partial charge in [0.25, 0.3) is 0 Å². The summed E-state index contributed by atoms with van der Waals surface area (Å²) in [6.45, 7) is 0. The van der Waals surface area contributed by atoms with Gasteiger partial charge in [-0.05, 0) is 5.88 Å². The van der Waals surface area contributed by atoms with Crippen LogP contribution in [0.1, 0.15) is 0 Å². The summed E-state index contributed by atoms with van der Waals surface area (Å²) in [6.07, 6.45) is -14.9. The van der Waals surface area contributed by atoms with Crippen molar-refractivity contribution in [3.63, 3.8) is 0 Å². The normalized spacial score (nSPS) is 12.6. The molecule has 2 aliphatic rings. The Kier molecular flexibility index (Phi) is 7.56. The van der Waals surface area contributed by atoms with E-state index in [9.17, 15) is 54.5 Å². The van der Waals surface area contributed by atoms with Crippen molar-refractivity contribution in [3.8, 4) is 17.4 Å². The van der Waals surface area contributed by atoms with Gasteiger partial charge in [-0.2, -0.15) is 39.5 Å². The molecule has 0 saturated heterocycles. The van der Waals surface area contributed by atoms with Crippen LogP contribution in [0.3, 0.4) is 0 Å². The molecule has 0 bridgehead atoms. The molecule has 18 heteroatoms. The van der Waals surface area contributed by atoms with Gasteiger partial charge < -0.3 is 24.7 Å². The highest BCUT2D eigenvalue weighted by Crippen LogP contribution is 2.50. The minimum atomic E-state index is -6.98. The molecule has 180 valence electrons. The van der Waals surface area contributed by atoms with E-state index >= 15 is 0 Å². The van der Waals surface area contributed by atoms with Gasteiger partial charge in [-0.15, -0.1) is 0 Å². The fourth-order valence-corrected chi connectivity index (χ4v) is 1.89. The molecular formula is C14H10F9N6O3-3. The van der Waals surface area contributed by atoms with E-state index in [0.29, 0.717) is 5.82 Å². The van der Waals surface area contributed by atoms with Crippen LogP contribution in [0.4, 0.5) is 39.5 Å². The van der Waals surface area contributed by atoms with E-state index in [4.69, 9.17) is 0 Å². The van der Waals surface area contributed by atoms with Gasteiger partial charge in [0.2, 0.25) is 0 Å². The highest BCUT2D eigenvalue weighted by atomic mass is 19.4. The molecular weight excluding hydrogens is 471 g/mol. The maximum Gasteiger partial charge on any atom is 0.397 e. The standard InChI is InChI=1S/C7H8N4O2.C4F9O.C3H3N2/c1-10-5-4(8-3-9-5)6(12)11(2)7(10)13;5-2(6,7)1(14,3(8,9)10)4(11,12)13;1-2-5-3-4-1/h3,12H,1-2H3;;1-3H/q;2*-1/p-1. The Hall–Kier alpha value is -3.31. The topological polar surface area (TPSA) is 126 Å². The zero-order chi connectivity index (χ0) is 25.1. The van der Waals surface area contributed by atoms with Crippen LogP contribution in [0.25, 0.3) is 11.5 Å². The fraction of sp³-hybridized carbons (Fsp3) is 0.429. The number of nitrogens with zero attached hydrogens (tertiary/aromatic N) is 6. The van der Waals surface area contributed by atoms with Crippen LogP contribution in [0.2, 0.25) is 0 Å². The second-order valence-electron chi connectivity index (χ2n) is 5.64. The van der Waals surface area contributed by atoms with Gasteiger partial charge in [0.1, 0.15) is 12.0 Å². The number of hydrogen-bond donors (Lipinski definition) is 0. The van der Waals surface area contributed by atoms with Gasteiger partial charge in [0, 0.05) is 14.1 Å². The number of hydrogen-bond acceptors (Lipinski definition) is 6. The monoisotopic (exact) mass is 481 g/mol. The van der Waals surface area contributed by atoms with Gasteiger partial charge in [-0.1, -0.05) is 18.7 Å². The Bertz CT molecular complexity index is 968. The van der Waals surface area contributed by atoms with Crippen molar-refractivity contribution in [2.75, 3.05) is 0 Å². The molecule has 1 aromatic heterocycles. The van der Waals surface area contributed by atoms with Crippen LogP contribution in [0, 0.1) is 0 Å². The number of alkyl halides is 9. The van der Waals surface area contributed by atoms with Gasteiger partial charge in [0.15, 0.2) is 11.4 Å². The third-order valence-electron chi connectivity index (χ3n) is 3.55. The van der Waals surface area contributed by atoms with Crippen molar-refractivity contribution in [3.05, 3.63) is 35.5 Å². The Morgan fingerprint density at radius 3 is 1.72 bits per heavy atom. The highest BCUT2D eigenvalue weighted by molar-refractivity contribution is 5.56. The van der Waals surface area contributed by atoms with Gasteiger partial charge in [-0.25, -0.2) is 14.8 Å². The quantitative estimate of drug-likeness (QED) is 0.428. The number of rotatable bonds is 0. The van der Waals surface area contributed by atoms with Crippen LogP contribution in [0.5, 0.6) is 5.88 Å². The summed E-state index contributed by atoms with van der Waals surface area (Å²) in [5.41, 5.74) is -7.10. The van der Waals surface area contributed by atoms with E-state index in [2.05, 4.69) is 19.9 Å². The van der Waals surface area contributed by atoms with Crippen molar-refractivity contribution >= 4 is 0 Å². The van der Waals surface area contributed by atoms with Gasteiger partial charge in [0.05, 0.1) is 0 Å². The molecule has 0 atom stereocenters. The Labute approximate surface area is 171 Å². The zero-order valence-corrected chi connectivity index (χ0v) is 15.6. The Morgan fingerprint density at radius 1 is 0.906 bits per heavy atom. The molecule has 0 radical (unpaired) electrons. The number of aromatic nitrogens is 6. The number of halogens is 9. The van der Waals surface area contributed by atoms with Crippen molar-refractivity contribution in [2.24, 2.45) is 14.1 Å². The van der Waals surface area contributed by atoms with E-state index in [-0.39, 0.29) is 5.69 Å². The molecule has 9 nitrogen and oxygen atoms in total. The maximum atomic E-state index is 11.4. The summed E-state index contributed by atoms with van der Waals surface area (Å²) >= 11 is 0. The summed E-state index contributed by atoms with van der Waals surface area (Å²) < 4.78 is 104. The van der Waals surface area contributed by atoms with Crippen LogP contribution < -0.4 is 20.9 Å². The van der Waals surface area contributed by atoms with Crippen molar-refractivity contribution in [1.82, 2.24) is 29.1 Å². The molecule has 0 aliphatic carbocycles. The molecule has 32 heavy (non-hydrogen) atoms. The SMILES string of the molecule is Cn1c2ncnc-2c([O-])n(C)c1=O.[O-]C(C(F)(F)F)(C(F)(F)F)C(F)(F)F.c1c[n-]cn1. The predicted octanol–water partition coefficient (Wildman–Crippen LogP) is 0.503. The lowest BCUT2D eigenvalue weighted by Crippen LogP contribution is -2.74. The Morgan fingerprint density at radius 2 is 1.41 bits per heavy atom. The minimum absolute atomic E-state index is 0.226. The van der Waals surface area contributed by atoms with E-state index in [1.165, 1.54) is 24.3 Å². The summed E-state index contributed by atoms with van der Waals surface area (Å²) in [6, 6.07) is 0. The molecule has 3 rings (SSSR count). The first-order valence-corrected chi connectivity index (χ1v) is 7.68. The average molecular weight is 481 g/mol. The fourth-order valence-electron chi connectivity index (χ4n) is 1.89. The smallest absolute Gasteiger partial charge is 0.397 e. The summed E-state index contributed by atoms with van der Waals surface area (Å²) in [5, 5.41) is 21.2. The number of imidazole rings is 2. The first-order chi connectivity index (χ1) is 14.4. The molecule has 0 saturated carbocycles. The van der Waals surface area contributed by atoms with Crippen molar-refractivity contribution < 1.29 is 49.7 Å². The third kappa shape index (κ3) is 5.11. The maximum absolute atomic E-state index is 11.4. The predicted molar refractivity (Wildman–Crippen MR) is 80.8 cm³/mol. The molecule has 0 amide bonds. The molecule has 2 aliphatic heterocycles. The van der Waals surface area contributed by atoms with Crippen LogP contribution in [0.15, 0.2) is 29.8 Å². The van der Waals surface area contributed by atoms with Crippen LogP contribution in [-0.2, 0) is 14.1 Å². The minimum Gasteiger partial charge on any atom is -0.858 e. The lowest BCUT2D eigenvalue weighted by molar-refractivity contribution is -0.640. The molecule has 0 aromatic carbocycles. The van der Waals surface area contributed by atoms with Gasteiger partial charge in [-0.3, -0.25) is 4.57 Å². The highest BCUT2D eigenvalue weighted by Gasteiger charge is 2.75. The zero-order valence-electron chi connectivity index (χ0n) is 15.6. The summed E-state index contributed by atoms with van der Waals surface area (Å²) in [5.74, 6) is -0.0799. The summed E-state index contributed by atoms with van der Waals surface area (Å²) in [4.78, 5) is 26.2. The summed E-state index contributed by atoms with van der Waals surface area (Å²) in [7, 11) is 2.97. The van der Waals surface area contributed by atoms with Crippen LogP contribution in [-0.4, -0.2) is 48.2 Å². The lowest BCUT2D eigenvalue weighted by atomic mass is 10.0.